The van der Waals surface area contributed by atoms with Crippen LogP contribution in [0.3, 0.4) is 0 Å². The molecule has 0 bridgehead atoms. The number of hydrogen-bond acceptors (Lipinski definition) is 7. The molecule has 0 spiro atoms. The molecule has 3 unspecified atom stereocenters. The van der Waals surface area contributed by atoms with Gasteiger partial charge in [-0.05, 0) is 13.8 Å². The number of nitrogens with zero attached hydrogens (tertiary/aromatic N) is 2. The van der Waals surface area contributed by atoms with E-state index in [1.165, 1.54) is 11.3 Å². The molecule has 2 fully saturated rings. The van der Waals surface area contributed by atoms with E-state index in [9.17, 15) is 4.79 Å². The van der Waals surface area contributed by atoms with E-state index >= 15 is 0 Å². The van der Waals surface area contributed by atoms with Crippen molar-refractivity contribution in [3.8, 4) is 0 Å². The Morgan fingerprint density at radius 2 is 2.25 bits per heavy atom. The van der Waals surface area contributed by atoms with E-state index in [1.807, 2.05) is 5.38 Å². The highest BCUT2D eigenvalue weighted by atomic mass is 32.1. The van der Waals surface area contributed by atoms with Crippen LogP contribution in [0.2, 0.25) is 0 Å². The van der Waals surface area contributed by atoms with Crippen molar-refractivity contribution >= 4 is 22.4 Å². The van der Waals surface area contributed by atoms with Crippen LogP contribution in [0, 0.1) is 0 Å². The summed E-state index contributed by atoms with van der Waals surface area (Å²) in [6, 6.07) is 0.0921. The van der Waals surface area contributed by atoms with Crippen molar-refractivity contribution in [3.63, 3.8) is 0 Å². The summed E-state index contributed by atoms with van der Waals surface area (Å²) in [7, 11) is 0. The van der Waals surface area contributed by atoms with Crippen molar-refractivity contribution in [2.75, 3.05) is 38.2 Å². The van der Waals surface area contributed by atoms with E-state index in [2.05, 4.69) is 34.4 Å². The number of ether oxygens (including phenoxy) is 2. The molecule has 8 heteroatoms. The van der Waals surface area contributed by atoms with Gasteiger partial charge in [-0.2, -0.15) is 0 Å². The molecule has 0 radical (unpaired) electrons. The summed E-state index contributed by atoms with van der Waals surface area (Å²) >= 11 is 1.48. The molecule has 0 aromatic carbocycles. The second-order valence-electron chi connectivity index (χ2n) is 6.57. The van der Waals surface area contributed by atoms with E-state index in [0.717, 1.165) is 31.9 Å². The number of anilines is 1. The Morgan fingerprint density at radius 3 is 2.96 bits per heavy atom. The maximum absolute atomic E-state index is 12.1. The first-order valence-electron chi connectivity index (χ1n) is 8.51. The lowest BCUT2D eigenvalue weighted by Gasteiger charge is -2.34. The van der Waals surface area contributed by atoms with Crippen LogP contribution >= 0.6 is 11.3 Å². The van der Waals surface area contributed by atoms with Crippen molar-refractivity contribution in [1.82, 2.24) is 15.2 Å². The molecule has 134 valence electrons. The maximum Gasteiger partial charge on any atom is 0.227 e. The van der Waals surface area contributed by atoms with Gasteiger partial charge in [0, 0.05) is 44.0 Å². The molecular formula is C16H26N4O3S. The summed E-state index contributed by atoms with van der Waals surface area (Å²) in [5, 5.41) is 8.86. The fraction of sp³-hybridized carbons (Fsp3) is 0.750. The van der Waals surface area contributed by atoms with Gasteiger partial charge in [0.2, 0.25) is 5.91 Å². The average molecular weight is 354 g/mol. The zero-order valence-corrected chi connectivity index (χ0v) is 15.1. The van der Waals surface area contributed by atoms with Crippen molar-refractivity contribution in [2.45, 2.75) is 45.1 Å². The van der Waals surface area contributed by atoms with Gasteiger partial charge in [-0.25, -0.2) is 4.98 Å². The molecule has 1 amide bonds. The first-order chi connectivity index (χ1) is 11.6. The summed E-state index contributed by atoms with van der Waals surface area (Å²) in [6.45, 7) is 8.92. The lowest BCUT2D eigenvalue weighted by Crippen LogP contribution is -2.44. The number of aromatic nitrogens is 1. The van der Waals surface area contributed by atoms with Gasteiger partial charge in [0.05, 0.1) is 31.1 Å². The Labute approximate surface area is 146 Å². The number of thiazole rings is 1. The molecule has 2 saturated heterocycles. The van der Waals surface area contributed by atoms with Gasteiger partial charge in [0.15, 0.2) is 5.13 Å². The lowest BCUT2D eigenvalue weighted by atomic mass is 10.2. The molecule has 7 nitrogen and oxygen atoms in total. The third-order valence-corrected chi connectivity index (χ3v) is 4.92. The molecule has 24 heavy (non-hydrogen) atoms. The van der Waals surface area contributed by atoms with Crippen molar-refractivity contribution in [1.29, 1.82) is 0 Å². The van der Waals surface area contributed by atoms with Gasteiger partial charge in [-0.1, -0.05) is 0 Å². The second-order valence-corrected chi connectivity index (χ2v) is 7.43. The van der Waals surface area contributed by atoms with E-state index < -0.39 is 0 Å². The minimum absolute atomic E-state index is 0.0208. The normalized spacial score (nSPS) is 28.7. The number of morpholine rings is 2. The van der Waals surface area contributed by atoms with E-state index in [0.29, 0.717) is 24.8 Å². The number of hydrogen-bond donors (Lipinski definition) is 2. The summed E-state index contributed by atoms with van der Waals surface area (Å²) in [5.74, 6) is -0.0208. The van der Waals surface area contributed by atoms with Gasteiger partial charge in [-0.3, -0.25) is 9.69 Å². The Morgan fingerprint density at radius 1 is 1.46 bits per heavy atom. The largest absolute Gasteiger partial charge is 0.378 e. The number of amides is 1. The molecule has 1 aromatic rings. The number of carbonyl (C=O) groups is 1. The maximum atomic E-state index is 12.1. The lowest BCUT2D eigenvalue weighted by molar-refractivity contribution is -0.117. The monoisotopic (exact) mass is 354 g/mol. The molecule has 0 saturated carbocycles. The number of rotatable bonds is 5. The summed E-state index contributed by atoms with van der Waals surface area (Å²) in [4.78, 5) is 19.0. The minimum Gasteiger partial charge on any atom is -0.378 e. The van der Waals surface area contributed by atoms with E-state index in [-0.39, 0.29) is 24.2 Å². The fourth-order valence-electron chi connectivity index (χ4n) is 3.22. The minimum atomic E-state index is -0.0208. The Balaban J connectivity index is 1.47. The van der Waals surface area contributed by atoms with Crippen LogP contribution in [0.15, 0.2) is 5.38 Å². The molecule has 2 aliphatic heterocycles. The second kappa shape index (κ2) is 8.35. The van der Waals surface area contributed by atoms with Crippen LogP contribution < -0.4 is 10.6 Å². The average Bonchev–Trinajstić information content (AvgIpc) is 2.94. The topological polar surface area (TPSA) is 75.7 Å². The summed E-state index contributed by atoms with van der Waals surface area (Å²) < 4.78 is 11.1. The molecule has 2 aliphatic rings. The summed E-state index contributed by atoms with van der Waals surface area (Å²) in [6.07, 6.45) is 0.904. The molecule has 3 rings (SSSR count). The first-order valence-corrected chi connectivity index (χ1v) is 9.39. The van der Waals surface area contributed by atoms with Crippen LogP contribution in [0.4, 0.5) is 5.13 Å². The predicted octanol–water partition coefficient (Wildman–Crippen LogP) is 1.07. The zero-order valence-electron chi connectivity index (χ0n) is 14.3. The van der Waals surface area contributed by atoms with Crippen molar-refractivity contribution in [2.24, 2.45) is 0 Å². The van der Waals surface area contributed by atoms with Crippen LogP contribution in [0.25, 0.3) is 0 Å². The molecule has 2 N–H and O–H groups in total. The van der Waals surface area contributed by atoms with E-state index in [1.54, 1.807) is 0 Å². The smallest absolute Gasteiger partial charge is 0.227 e. The SMILES string of the molecule is CC1CN(Cc2csc(NC(=O)CC3COCCN3)n2)CC(C)O1. The first kappa shape index (κ1) is 17.8. The Hall–Kier alpha value is -1.06. The van der Waals surface area contributed by atoms with Crippen molar-refractivity contribution < 1.29 is 14.3 Å². The molecule has 3 heterocycles. The Bertz CT molecular complexity index is 537. The van der Waals surface area contributed by atoms with Gasteiger partial charge >= 0.3 is 0 Å². The molecule has 3 atom stereocenters. The van der Waals surface area contributed by atoms with Gasteiger partial charge in [0.25, 0.3) is 0 Å². The van der Waals surface area contributed by atoms with Crippen LogP contribution in [-0.4, -0.2) is 66.9 Å². The molecular weight excluding hydrogens is 328 g/mol. The highest BCUT2D eigenvalue weighted by Crippen LogP contribution is 2.19. The van der Waals surface area contributed by atoms with Gasteiger partial charge < -0.3 is 20.1 Å². The van der Waals surface area contributed by atoms with Crippen LogP contribution in [0.1, 0.15) is 26.0 Å². The Kier molecular flexibility index (Phi) is 6.18. The highest BCUT2D eigenvalue weighted by molar-refractivity contribution is 7.13. The fourth-order valence-corrected chi connectivity index (χ4v) is 3.94. The highest BCUT2D eigenvalue weighted by Gasteiger charge is 2.23. The number of nitrogens with one attached hydrogen (secondary N) is 2. The van der Waals surface area contributed by atoms with Crippen molar-refractivity contribution in [3.05, 3.63) is 11.1 Å². The number of carbonyl (C=O) groups excluding carboxylic acids is 1. The van der Waals surface area contributed by atoms with E-state index in [4.69, 9.17) is 9.47 Å². The third-order valence-electron chi connectivity index (χ3n) is 4.11. The molecule has 0 aliphatic carbocycles. The summed E-state index contributed by atoms with van der Waals surface area (Å²) in [5.41, 5.74) is 0.996. The quantitative estimate of drug-likeness (QED) is 0.824. The predicted molar refractivity (Wildman–Crippen MR) is 93.3 cm³/mol. The third kappa shape index (κ3) is 5.22. The zero-order chi connectivity index (χ0) is 16.9. The van der Waals surface area contributed by atoms with Gasteiger partial charge in [-0.15, -0.1) is 11.3 Å². The standard InChI is InChI=1S/C16H26N4O3S/c1-11-6-20(7-12(2)23-11)8-14-10-24-16(18-14)19-15(21)5-13-9-22-4-3-17-13/h10-13,17H,3-9H2,1-2H3,(H,18,19,21). The molecule has 1 aromatic heterocycles. The van der Waals surface area contributed by atoms with Gasteiger partial charge in [0.1, 0.15) is 0 Å². The van der Waals surface area contributed by atoms with Crippen LogP contribution in [0.5, 0.6) is 0 Å². The van der Waals surface area contributed by atoms with Crippen LogP contribution in [-0.2, 0) is 20.8 Å².